The molecule has 0 aliphatic carbocycles. The molecule has 5 N–H and O–H groups in total. The van der Waals surface area contributed by atoms with Crippen LogP contribution in [0, 0.1) is 0 Å². The monoisotopic (exact) mass is 109 g/mol. The SMILES string of the molecule is NC(=O)O.OCO. The number of rotatable bonds is 0. The van der Waals surface area contributed by atoms with Gasteiger partial charge in [-0.3, -0.25) is 0 Å². The largest absolute Gasteiger partial charge is 0.465 e. The molecule has 0 aliphatic rings. The maximum atomic E-state index is 8.78. The van der Waals surface area contributed by atoms with Gasteiger partial charge in [0.15, 0.2) is 0 Å². The van der Waals surface area contributed by atoms with Crippen LogP contribution in [0.15, 0.2) is 0 Å². The summed E-state index contributed by atoms with van der Waals surface area (Å²) in [4.78, 5) is 8.78. The van der Waals surface area contributed by atoms with Gasteiger partial charge in [0.05, 0.1) is 0 Å². The Labute approximate surface area is 40.0 Å². The van der Waals surface area contributed by atoms with Crippen molar-refractivity contribution in [1.29, 1.82) is 0 Å². The minimum atomic E-state index is -1.33. The predicted molar refractivity (Wildman–Crippen MR) is 21.5 cm³/mol. The van der Waals surface area contributed by atoms with Crippen LogP contribution in [0.2, 0.25) is 0 Å². The maximum Gasteiger partial charge on any atom is 0.402 e. The van der Waals surface area contributed by atoms with Crippen LogP contribution in [0.4, 0.5) is 4.79 Å². The predicted octanol–water partition coefficient (Wildman–Crippen LogP) is -1.45. The Bertz CT molecular complexity index is 41.0. The summed E-state index contributed by atoms with van der Waals surface area (Å²) in [5.41, 5.74) is 4.03. The molecule has 0 atom stereocenters. The third-order valence-corrected chi connectivity index (χ3v) is 0. The Morgan fingerprint density at radius 1 is 1.57 bits per heavy atom. The van der Waals surface area contributed by atoms with Gasteiger partial charge in [0.2, 0.25) is 0 Å². The number of amides is 1. The number of primary amides is 1. The van der Waals surface area contributed by atoms with Crippen LogP contribution < -0.4 is 5.73 Å². The fourth-order valence-corrected chi connectivity index (χ4v) is 0. The maximum absolute atomic E-state index is 8.78. The molecule has 0 unspecified atom stereocenters. The van der Waals surface area contributed by atoms with E-state index in [9.17, 15) is 0 Å². The topological polar surface area (TPSA) is 104 Å². The second kappa shape index (κ2) is 8.95. The lowest BCUT2D eigenvalue weighted by atomic mass is 11.3. The Hall–Kier alpha value is -0.810. The molecule has 0 radical (unpaired) electrons. The summed E-state index contributed by atoms with van der Waals surface area (Å²) in [7, 11) is 0. The highest BCUT2D eigenvalue weighted by molar-refractivity contribution is 5.61. The lowest BCUT2D eigenvalue weighted by Crippen LogP contribution is -2.03. The van der Waals surface area contributed by atoms with E-state index >= 15 is 0 Å². The quantitative estimate of drug-likeness (QED) is 0.286. The van der Waals surface area contributed by atoms with Crippen molar-refractivity contribution < 1.29 is 20.1 Å². The molecule has 1 amide bonds. The molecule has 44 valence electrons. The highest BCUT2D eigenvalue weighted by Crippen LogP contribution is 1.34. The molecule has 0 aromatic rings. The molecule has 0 bridgehead atoms. The van der Waals surface area contributed by atoms with Crippen LogP contribution >= 0.6 is 0 Å². The number of hydrogen-bond acceptors (Lipinski definition) is 3. The van der Waals surface area contributed by atoms with E-state index in [4.69, 9.17) is 20.1 Å². The molecule has 0 spiro atoms. The summed E-state index contributed by atoms with van der Waals surface area (Å²) >= 11 is 0. The van der Waals surface area contributed by atoms with Crippen LogP contribution in [0.3, 0.4) is 0 Å². The number of nitrogens with two attached hydrogens (primary N) is 1. The van der Waals surface area contributed by atoms with Gasteiger partial charge in [-0.1, -0.05) is 0 Å². The van der Waals surface area contributed by atoms with Gasteiger partial charge in [0, 0.05) is 0 Å². The zero-order valence-corrected chi connectivity index (χ0v) is 3.53. The smallest absolute Gasteiger partial charge is 0.402 e. The lowest BCUT2D eigenvalue weighted by molar-refractivity contribution is 0.0773. The van der Waals surface area contributed by atoms with Crippen molar-refractivity contribution in [3.8, 4) is 0 Å². The molecule has 0 rings (SSSR count). The molecule has 0 saturated heterocycles. The first kappa shape index (κ1) is 9.50. The summed E-state index contributed by atoms with van der Waals surface area (Å²) in [5.74, 6) is 0. The van der Waals surface area contributed by atoms with E-state index in [0.29, 0.717) is 0 Å². The van der Waals surface area contributed by atoms with Crippen molar-refractivity contribution >= 4 is 6.09 Å². The van der Waals surface area contributed by atoms with E-state index in [1.807, 2.05) is 0 Å². The molecule has 5 nitrogen and oxygen atoms in total. The highest BCUT2D eigenvalue weighted by Gasteiger charge is 1.65. The standard InChI is InChI=1S/CH3NO2.CH4O2/c2-1(3)4;2-1-3/h2H2,(H,3,4);2-3H,1H2. The van der Waals surface area contributed by atoms with Gasteiger partial charge in [-0.15, -0.1) is 0 Å². The van der Waals surface area contributed by atoms with Gasteiger partial charge in [0.1, 0.15) is 6.79 Å². The number of aliphatic hydroxyl groups is 2. The summed E-state index contributed by atoms with van der Waals surface area (Å²) in [6.07, 6.45) is -1.33. The second-order valence-corrected chi connectivity index (χ2v) is 0.480. The minimum Gasteiger partial charge on any atom is -0.465 e. The molecular weight excluding hydrogens is 102 g/mol. The Balaban J connectivity index is 0. The Morgan fingerprint density at radius 2 is 1.57 bits per heavy atom. The molecule has 0 heterocycles. The van der Waals surface area contributed by atoms with Crippen molar-refractivity contribution in [2.45, 2.75) is 0 Å². The van der Waals surface area contributed by atoms with Gasteiger partial charge in [-0.2, -0.15) is 0 Å². The molecule has 0 aliphatic heterocycles. The van der Waals surface area contributed by atoms with E-state index in [1.165, 1.54) is 0 Å². The van der Waals surface area contributed by atoms with Crippen molar-refractivity contribution in [2.24, 2.45) is 5.73 Å². The van der Waals surface area contributed by atoms with Crippen LogP contribution in [0.1, 0.15) is 0 Å². The number of aliphatic hydroxyl groups excluding tert-OH is 1. The van der Waals surface area contributed by atoms with Gasteiger partial charge in [-0.25, -0.2) is 4.79 Å². The average Bonchev–Trinajstić information content (AvgIpc) is 1.33. The van der Waals surface area contributed by atoms with Crippen LogP contribution in [-0.4, -0.2) is 28.2 Å². The molecule has 0 fully saturated rings. The molecular formula is C2H7NO4. The first-order valence-corrected chi connectivity index (χ1v) is 1.35. The Morgan fingerprint density at radius 3 is 1.57 bits per heavy atom. The van der Waals surface area contributed by atoms with Gasteiger partial charge >= 0.3 is 6.09 Å². The fraction of sp³-hybridized carbons (Fsp3) is 0.500. The van der Waals surface area contributed by atoms with E-state index in [2.05, 4.69) is 5.73 Å². The van der Waals surface area contributed by atoms with Crippen LogP contribution in [0.5, 0.6) is 0 Å². The van der Waals surface area contributed by atoms with E-state index in [-0.39, 0.29) is 0 Å². The van der Waals surface area contributed by atoms with Crippen molar-refractivity contribution in [1.82, 2.24) is 0 Å². The summed E-state index contributed by atoms with van der Waals surface area (Å²) in [5, 5.41) is 21.4. The molecule has 0 aromatic heterocycles. The van der Waals surface area contributed by atoms with Crippen molar-refractivity contribution in [3.05, 3.63) is 0 Å². The average molecular weight is 109 g/mol. The third-order valence-electron chi connectivity index (χ3n) is 0. The summed E-state index contributed by atoms with van der Waals surface area (Å²) in [6.45, 7) is -0.750. The first-order chi connectivity index (χ1) is 3.15. The molecule has 7 heavy (non-hydrogen) atoms. The molecule has 0 aromatic carbocycles. The fourth-order valence-electron chi connectivity index (χ4n) is 0. The molecule has 0 saturated carbocycles. The zero-order valence-electron chi connectivity index (χ0n) is 3.53. The lowest BCUT2D eigenvalue weighted by Gasteiger charge is -1.61. The highest BCUT2D eigenvalue weighted by atomic mass is 16.5. The first-order valence-electron chi connectivity index (χ1n) is 1.35. The van der Waals surface area contributed by atoms with Crippen LogP contribution in [-0.2, 0) is 0 Å². The summed E-state index contributed by atoms with van der Waals surface area (Å²) < 4.78 is 0. The normalized spacial score (nSPS) is 6.00. The van der Waals surface area contributed by atoms with Crippen LogP contribution in [0.25, 0.3) is 0 Å². The Kier molecular flexibility index (Phi) is 12.1. The minimum absolute atomic E-state index is 0.750. The van der Waals surface area contributed by atoms with Crippen molar-refractivity contribution in [2.75, 3.05) is 6.79 Å². The van der Waals surface area contributed by atoms with Gasteiger partial charge in [-0.05, 0) is 0 Å². The van der Waals surface area contributed by atoms with Gasteiger partial charge in [0.25, 0.3) is 0 Å². The van der Waals surface area contributed by atoms with Gasteiger partial charge < -0.3 is 21.1 Å². The van der Waals surface area contributed by atoms with E-state index in [0.717, 1.165) is 0 Å². The number of carboxylic acid groups (broad SMARTS) is 1. The number of hydrogen-bond donors (Lipinski definition) is 4. The van der Waals surface area contributed by atoms with E-state index in [1.54, 1.807) is 0 Å². The number of carbonyl (C=O) groups is 1. The van der Waals surface area contributed by atoms with Crippen molar-refractivity contribution in [3.63, 3.8) is 0 Å². The molecule has 5 heteroatoms. The zero-order chi connectivity index (χ0) is 6.28. The van der Waals surface area contributed by atoms with E-state index < -0.39 is 12.9 Å². The summed E-state index contributed by atoms with van der Waals surface area (Å²) in [6, 6.07) is 0. The third kappa shape index (κ3) is 80.5. The second-order valence-electron chi connectivity index (χ2n) is 0.480.